The second kappa shape index (κ2) is 6.37. The first-order valence-electron chi connectivity index (χ1n) is 7.52. The summed E-state index contributed by atoms with van der Waals surface area (Å²) in [6, 6.07) is 12.6. The molecule has 1 aliphatic rings. The Kier molecular flexibility index (Phi) is 4.36. The van der Waals surface area contributed by atoms with Crippen molar-refractivity contribution in [2.24, 2.45) is 10.2 Å². The molecule has 1 atom stereocenters. The van der Waals surface area contributed by atoms with Crippen molar-refractivity contribution >= 4 is 39.4 Å². The maximum atomic E-state index is 12.7. The maximum absolute atomic E-state index is 12.7. The van der Waals surface area contributed by atoms with Crippen LogP contribution < -0.4 is 15.5 Å². The van der Waals surface area contributed by atoms with Crippen molar-refractivity contribution in [1.82, 2.24) is 4.59 Å². The van der Waals surface area contributed by atoms with E-state index in [9.17, 15) is 13.2 Å². The van der Waals surface area contributed by atoms with Crippen LogP contribution >= 0.6 is 0 Å². The Balaban J connectivity index is 2.16. The van der Waals surface area contributed by atoms with E-state index in [0.717, 1.165) is 5.56 Å². The minimum atomic E-state index is -3.85. The maximum Gasteiger partial charge on any atom is 0.553 e. The summed E-state index contributed by atoms with van der Waals surface area (Å²) in [5, 5.41) is 9.45. The minimum Gasteiger partial charge on any atom is -0.421 e. The van der Waals surface area contributed by atoms with Gasteiger partial charge in [0.2, 0.25) is 10.0 Å². The zero-order chi connectivity index (χ0) is 18.9. The van der Waals surface area contributed by atoms with Gasteiger partial charge in [0.25, 0.3) is 0 Å². The highest BCUT2D eigenvalue weighted by molar-refractivity contribution is 7.89. The lowest BCUT2D eigenvalue weighted by molar-refractivity contribution is 0.145. The molecule has 8 nitrogen and oxygen atoms in total. The van der Waals surface area contributed by atoms with Gasteiger partial charge in [0.15, 0.2) is 11.4 Å². The first-order chi connectivity index (χ1) is 12.3. The van der Waals surface area contributed by atoms with E-state index in [1.807, 2.05) is 0 Å². The summed E-state index contributed by atoms with van der Waals surface area (Å²) < 4.78 is 27.3. The van der Waals surface area contributed by atoms with Gasteiger partial charge in [-0.2, -0.15) is 4.79 Å². The fourth-order valence-electron chi connectivity index (χ4n) is 2.75. The number of nitrogens with zero attached hydrogens (tertiary/aromatic N) is 2. The minimum absolute atomic E-state index is 0.0644. The molecule has 1 heterocycles. The summed E-state index contributed by atoms with van der Waals surface area (Å²) in [6.45, 7) is 0. The number of hydrogen-bond donors (Lipinski definition) is 2. The number of hydrogen-bond acceptors (Lipinski definition) is 6. The van der Waals surface area contributed by atoms with Gasteiger partial charge in [-0.25, -0.2) is 13.6 Å². The van der Waals surface area contributed by atoms with E-state index < -0.39 is 20.7 Å². The molecule has 0 aliphatic carbocycles. The Morgan fingerprint density at radius 3 is 2.23 bits per heavy atom. The molecule has 2 aromatic rings. The number of rotatable bonds is 3. The van der Waals surface area contributed by atoms with Crippen molar-refractivity contribution in [3.8, 4) is 0 Å². The zero-order valence-electron chi connectivity index (χ0n) is 13.9. The number of allylic oxidation sites excluding steroid dienone is 1. The van der Waals surface area contributed by atoms with Crippen molar-refractivity contribution in [1.29, 1.82) is 0 Å². The van der Waals surface area contributed by atoms with Gasteiger partial charge in [0.05, 0.1) is 18.2 Å². The Morgan fingerprint density at radius 2 is 1.69 bits per heavy atom. The van der Waals surface area contributed by atoms with Gasteiger partial charge in [-0.05, 0) is 41.0 Å². The average molecular weight is 373 g/mol. The lowest BCUT2D eigenvalue weighted by Gasteiger charge is -2.26. The molecular formula is C17H17N4O4S+. The third-order valence-corrected chi connectivity index (χ3v) is 4.93. The molecule has 0 aromatic heterocycles. The monoisotopic (exact) mass is 373 g/mol. The molecule has 26 heavy (non-hydrogen) atoms. The van der Waals surface area contributed by atoms with Gasteiger partial charge in [-0.15, -0.1) is 0 Å². The molecule has 0 saturated carbocycles. The molecule has 0 bridgehead atoms. The molecule has 134 valence electrons. The van der Waals surface area contributed by atoms with Crippen molar-refractivity contribution in [3.05, 3.63) is 60.2 Å². The molecule has 9 heteroatoms. The number of methoxy groups -OCH3 is 1. The Hall–Kier alpha value is -3.01. The van der Waals surface area contributed by atoms with E-state index in [0.29, 0.717) is 17.1 Å². The molecule has 1 unspecified atom stereocenters. The van der Waals surface area contributed by atoms with E-state index in [1.54, 1.807) is 30.3 Å². The predicted octanol–water partition coefficient (Wildman–Crippen LogP) is 2.03. The highest BCUT2D eigenvalue weighted by Crippen LogP contribution is 2.39. The predicted molar refractivity (Wildman–Crippen MR) is 99.3 cm³/mol. The Morgan fingerprint density at radius 1 is 1.08 bits per heavy atom. The third kappa shape index (κ3) is 2.88. The van der Waals surface area contributed by atoms with Crippen LogP contribution in [0.5, 0.6) is 0 Å². The number of sulfonamides is 1. The van der Waals surface area contributed by atoms with E-state index in [2.05, 4.69) is 5.10 Å². The lowest BCUT2D eigenvalue weighted by Crippen LogP contribution is -2.46. The molecule has 2 aromatic carbocycles. The molecule has 0 saturated heterocycles. The summed E-state index contributed by atoms with van der Waals surface area (Å²) in [5.41, 5.74) is 7.98. The summed E-state index contributed by atoms with van der Waals surface area (Å²) in [5.74, 6) is 0. The van der Waals surface area contributed by atoms with Crippen LogP contribution in [0.3, 0.4) is 0 Å². The van der Waals surface area contributed by atoms with Crippen molar-refractivity contribution < 1.29 is 17.9 Å². The Labute approximate surface area is 150 Å². The van der Waals surface area contributed by atoms with Gasteiger partial charge in [-0.3, -0.25) is 0 Å². The number of carbonyl (C=O) groups excluding carboxylic acids is 1. The zero-order valence-corrected chi connectivity index (χ0v) is 14.7. The number of primary sulfonamides is 1. The van der Waals surface area contributed by atoms with Crippen molar-refractivity contribution in [2.45, 2.75) is 4.90 Å². The quantitative estimate of drug-likeness (QED) is 0.629. The van der Waals surface area contributed by atoms with Crippen LogP contribution in [0.25, 0.3) is 5.70 Å². The number of carbonyl (C=O) groups is 1. The van der Waals surface area contributed by atoms with Gasteiger partial charge in [-0.1, -0.05) is 5.10 Å². The normalized spacial score (nSPS) is 19.2. The standard InChI is InChI=1S/C17H17N4O4S/c1-25-17(22)21(14-6-8-15(9-7-14)26(19,23)24)16(10-11-20-21)12-2-4-13(18)5-3-12/h2-11H,18H2,1H3,(H2,19,23,24)/q+1. The number of anilines is 1. The van der Waals surface area contributed by atoms with Crippen LogP contribution in [0.4, 0.5) is 16.2 Å². The summed E-state index contributed by atoms with van der Waals surface area (Å²) in [6.07, 6.45) is 2.54. The highest BCUT2D eigenvalue weighted by atomic mass is 32.2. The third-order valence-electron chi connectivity index (χ3n) is 4.01. The fraction of sp³-hybridized carbons (Fsp3) is 0.0588. The van der Waals surface area contributed by atoms with Crippen LogP contribution in [-0.2, 0) is 14.8 Å². The number of amides is 1. The first kappa shape index (κ1) is 17.8. The van der Waals surface area contributed by atoms with E-state index >= 15 is 0 Å². The van der Waals surface area contributed by atoms with Gasteiger partial charge in [0, 0.05) is 29.5 Å². The molecule has 0 radical (unpaired) electrons. The molecule has 0 fully saturated rings. The second-order valence-electron chi connectivity index (χ2n) is 5.58. The van der Waals surface area contributed by atoms with Gasteiger partial charge in [0.1, 0.15) is 0 Å². The lowest BCUT2D eigenvalue weighted by atomic mass is 10.1. The average Bonchev–Trinajstić information content (AvgIpc) is 3.07. The highest BCUT2D eigenvalue weighted by Gasteiger charge is 2.49. The SMILES string of the molecule is COC(=O)[N+]1(c2ccc(S(N)(=O)=O)cc2)N=CC=C1c1ccc(N)cc1. The number of nitrogen functional groups attached to an aromatic ring is 1. The van der Waals surface area contributed by atoms with E-state index in [4.69, 9.17) is 15.6 Å². The number of quaternary nitrogens is 1. The molecule has 1 amide bonds. The fourth-order valence-corrected chi connectivity index (χ4v) is 3.27. The smallest absolute Gasteiger partial charge is 0.421 e. The Bertz CT molecular complexity index is 1010. The van der Waals surface area contributed by atoms with Crippen LogP contribution in [-0.4, -0.2) is 27.8 Å². The summed E-state index contributed by atoms with van der Waals surface area (Å²) in [7, 11) is -2.59. The molecule has 3 rings (SSSR count). The van der Waals surface area contributed by atoms with Crippen LogP contribution in [0.15, 0.2) is 64.6 Å². The largest absolute Gasteiger partial charge is 0.553 e. The van der Waals surface area contributed by atoms with Crippen molar-refractivity contribution in [3.63, 3.8) is 0 Å². The molecule has 0 spiro atoms. The molecule has 4 N–H and O–H groups in total. The summed E-state index contributed by atoms with van der Waals surface area (Å²) >= 11 is 0. The van der Waals surface area contributed by atoms with Crippen LogP contribution in [0, 0.1) is 0 Å². The van der Waals surface area contributed by atoms with E-state index in [1.165, 1.54) is 37.6 Å². The molecular weight excluding hydrogens is 356 g/mol. The van der Waals surface area contributed by atoms with Crippen LogP contribution in [0.2, 0.25) is 0 Å². The number of nitrogens with two attached hydrogens (primary N) is 2. The topological polar surface area (TPSA) is 125 Å². The summed E-state index contributed by atoms with van der Waals surface area (Å²) in [4.78, 5) is 12.6. The van der Waals surface area contributed by atoms with Gasteiger partial charge >= 0.3 is 6.09 Å². The van der Waals surface area contributed by atoms with E-state index in [-0.39, 0.29) is 4.90 Å². The first-order valence-corrected chi connectivity index (χ1v) is 9.07. The second-order valence-corrected chi connectivity index (χ2v) is 7.14. The van der Waals surface area contributed by atoms with Crippen LogP contribution in [0.1, 0.15) is 5.56 Å². The van der Waals surface area contributed by atoms with Crippen molar-refractivity contribution in [2.75, 3.05) is 12.8 Å². The molecule has 1 aliphatic heterocycles. The number of ether oxygens (including phenoxy) is 1. The van der Waals surface area contributed by atoms with Gasteiger partial charge < -0.3 is 10.5 Å². The number of benzene rings is 2.